The summed E-state index contributed by atoms with van der Waals surface area (Å²) in [5.41, 5.74) is 1.44. The number of nitrogens with one attached hydrogen (secondary N) is 1. The summed E-state index contributed by atoms with van der Waals surface area (Å²) in [6.07, 6.45) is 1.16. The van der Waals surface area contributed by atoms with E-state index in [0.29, 0.717) is 0 Å². The average molecular weight is 267 g/mol. The van der Waals surface area contributed by atoms with Gasteiger partial charge in [-0.05, 0) is 20.0 Å². The van der Waals surface area contributed by atoms with Crippen LogP contribution in [0.2, 0.25) is 0 Å². The first kappa shape index (κ1) is 14.0. The van der Waals surface area contributed by atoms with E-state index in [-0.39, 0.29) is 11.0 Å². The second-order valence-corrected chi connectivity index (χ2v) is 7.25. The van der Waals surface area contributed by atoms with Crippen LogP contribution in [-0.4, -0.2) is 36.6 Å². The molecule has 1 N–H and O–H groups in total. The van der Waals surface area contributed by atoms with E-state index in [1.807, 2.05) is 11.3 Å². The molecule has 1 aromatic heterocycles. The number of nitrogens with zero attached hydrogens (tertiary/aromatic N) is 2. The minimum Gasteiger partial charge on any atom is -0.305 e. The quantitative estimate of drug-likeness (QED) is 0.912. The highest BCUT2D eigenvalue weighted by atomic mass is 32.1. The predicted molar refractivity (Wildman–Crippen MR) is 78.3 cm³/mol. The third-order valence-electron chi connectivity index (χ3n) is 3.66. The molecule has 0 aliphatic carbocycles. The van der Waals surface area contributed by atoms with Crippen LogP contribution in [0.25, 0.3) is 0 Å². The van der Waals surface area contributed by atoms with Gasteiger partial charge in [0, 0.05) is 23.9 Å². The summed E-state index contributed by atoms with van der Waals surface area (Å²) in [5.74, 6) is 0. The highest BCUT2D eigenvalue weighted by Gasteiger charge is 2.40. The first-order valence-corrected chi connectivity index (χ1v) is 7.65. The van der Waals surface area contributed by atoms with Crippen molar-refractivity contribution in [1.29, 1.82) is 0 Å². The zero-order valence-corrected chi connectivity index (χ0v) is 13.0. The zero-order chi connectivity index (χ0) is 13.4. The maximum absolute atomic E-state index is 4.92. The Morgan fingerprint density at radius 2 is 2.22 bits per heavy atom. The first-order chi connectivity index (χ1) is 8.37. The van der Waals surface area contributed by atoms with Crippen LogP contribution in [0.4, 0.5) is 0 Å². The molecule has 1 aliphatic rings. The van der Waals surface area contributed by atoms with Gasteiger partial charge in [0.2, 0.25) is 0 Å². The number of aromatic nitrogens is 1. The molecule has 1 atom stereocenters. The van der Waals surface area contributed by atoms with Crippen LogP contribution in [0.15, 0.2) is 5.38 Å². The molecule has 0 amide bonds. The van der Waals surface area contributed by atoms with Gasteiger partial charge in [0.15, 0.2) is 0 Å². The Hall–Kier alpha value is -0.450. The molecular formula is C14H25N3S. The molecule has 2 heterocycles. The molecule has 0 saturated carbocycles. The maximum atomic E-state index is 4.92. The van der Waals surface area contributed by atoms with Gasteiger partial charge in [-0.25, -0.2) is 4.98 Å². The van der Waals surface area contributed by atoms with Crippen molar-refractivity contribution in [3.05, 3.63) is 16.1 Å². The van der Waals surface area contributed by atoms with E-state index >= 15 is 0 Å². The predicted octanol–water partition coefficient (Wildman–Crippen LogP) is 2.58. The van der Waals surface area contributed by atoms with Gasteiger partial charge < -0.3 is 10.2 Å². The summed E-state index contributed by atoms with van der Waals surface area (Å²) in [5, 5.41) is 7.17. The molecule has 1 aliphatic heterocycles. The Balaban J connectivity index is 2.30. The summed E-state index contributed by atoms with van der Waals surface area (Å²) in [4.78, 5) is 7.31. The minimum absolute atomic E-state index is 0.0810. The van der Waals surface area contributed by atoms with Crippen molar-refractivity contribution in [2.24, 2.45) is 0 Å². The fraction of sp³-hybridized carbons (Fsp3) is 0.786. The van der Waals surface area contributed by atoms with E-state index in [9.17, 15) is 0 Å². The van der Waals surface area contributed by atoms with Gasteiger partial charge in [-0.3, -0.25) is 0 Å². The summed E-state index contributed by atoms with van der Waals surface area (Å²) < 4.78 is 0. The Labute approximate surface area is 115 Å². The molecule has 0 bridgehead atoms. The third-order valence-corrected chi connectivity index (χ3v) is 4.70. The molecule has 18 heavy (non-hydrogen) atoms. The van der Waals surface area contributed by atoms with Crippen LogP contribution >= 0.6 is 11.3 Å². The van der Waals surface area contributed by atoms with Crippen LogP contribution in [0.1, 0.15) is 44.8 Å². The van der Waals surface area contributed by atoms with E-state index in [1.54, 1.807) is 0 Å². The van der Waals surface area contributed by atoms with Crippen molar-refractivity contribution in [2.75, 3.05) is 26.7 Å². The number of likely N-dealkylation sites (tertiary alicyclic amines) is 1. The smallest absolute Gasteiger partial charge is 0.114 e. The van der Waals surface area contributed by atoms with E-state index < -0.39 is 0 Å². The summed E-state index contributed by atoms with van der Waals surface area (Å²) in [6, 6.07) is 0. The largest absolute Gasteiger partial charge is 0.305 e. The number of likely N-dealkylation sites (N-methyl/N-ethyl adjacent to an activating group) is 2. The molecule has 0 spiro atoms. The molecule has 3 nitrogen and oxygen atoms in total. The van der Waals surface area contributed by atoms with Crippen LogP contribution in [-0.2, 0) is 11.0 Å². The SMILES string of the molecule is CCNC1(c2nc(C(C)(C)C)cs2)CCN(C)C1. The summed E-state index contributed by atoms with van der Waals surface area (Å²) in [7, 11) is 2.19. The van der Waals surface area contributed by atoms with Crippen LogP contribution < -0.4 is 5.32 Å². The molecule has 4 heteroatoms. The van der Waals surface area contributed by atoms with Crippen molar-refractivity contribution >= 4 is 11.3 Å². The average Bonchev–Trinajstić information content (AvgIpc) is 2.85. The molecular weight excluding hydrogens is 242 g/mol. The monoisotopic (exact) mass is 267 g/mol. The van der Waals surface area contributed by atoms with Crippen LogP contribution in [0.5, 0.6) is 0 Å². The highest BCUT2D eigenvalue weighted by Crippen LogP contribution is 2.35. The lowest BCUT2D eigenvalue weighted by atomic mass is 9.93. The van der Waals surface area contributed by atoms with Gasteiger partial charge in [0.25, 0.3) is 0 Å². The van der Waals surface area contributed by atoms with Crippen molar-refractivity contribution in [3.63, 3.8) is 0 Å². The Bertz CT molecular complexity index is 403. The fourth-order valence-corrected chi connectivity index (χ4v) is 3.82. The molecule has 0 radical (unpaired) electrons. The number of thiazole rings is 1. The van der Waals surface area contributed by atoms with Crippen molar-refractivity contribution in [3.8, 4) is 0 Å². The maximum Gasteiger partial charge on any atom is 0.114 e. The van der Waals surface area contributed by atoms with Crippen molar-refractivity contribution in [2.45, 2.75) is 45.1 Å². The van der Waals surface area contributed by atoms with Gasteiger partial charge in [-0.1, -0.05) is 27.7 Å². The lowest BCUT2D eigenvalue weighted by Gasteiger charge is -2.28. The van der Waals surface area contributed by atoms with E-state index in [0.717, 1.165) is 26.1 Å². The minimum atomic E-state index is 0.0810. The Morgan fingerprint density at radius 3 is 2.67 bits per heavy atom. The molecule has 1 fully saturated rings. The second kappa shape index (κ2) is 4.91. The van der Waals surface area contributed by atoms with Gasteiger partial charge in [-0.2, -0.15) is 0 Å². The Kier molecular flexibility index (Phi) is 3.81. The molecule has 1 saturated heterocycles. The third kappa shape index (κ3) is 2.60. The molecule has 1 aromatic rings. The van der Waals surface area contributed by atoms with Crippen molar-refractivity contribution in [1.82, 2.24) is 15.2 Å². The normalized spacial score (nSPS) is 25.8. The van der Waals surface area contributed by atoms with Crippen LogP contribution in [0, 0.1) is 0 Å². The molecule has 2 rings (SSSR count). The number of rotatable bonds is 3. The molecule has 102 valence electrons. The van der Waals surface area contributed by atoms with Gasteiger partial charge >= 0.3 is 0 Å². The summed E-state index contributed by atoms with van der Waals surface area (Å²) >= 11 is 1.81. The lowest BCUT2D eigenvalue weighted by molar-refractivity contribution is 0.319. The van der Waals surface area contributed by atoms with E-state index in [4.69, 9.17) is 4.98 Å². The number of hydrogen-bond donors (Lipinski definition) is 1. The summed E-state index contributed by atoms with van der Waals surface area (Å²) in [6.45, 7) is 12.1. The molecule has 1 unspecified atom stereocenters. The highest BCUT2D eigenvalue weighted by molar-refractivity contribution is 7.09. The lowest BCUT2D eigenvalue weighted by Crippen LogP contribution is -2.44. The number of hydrogen-bond acceptors (Lipinski definition) is 4. The Morgan fingerprint density at radius 1 is 1.50 bits per heavy atom. The first-order valence-electron chi connectivity index (χ1n) is 6.77. The topological polar surface area (TPSA) is 28.2 Å². The van der Waals surface area contributed by atoms with E-state index in [2.05, 4.69) is 50.3 Å². The molecule has 0 aromatic carbocycles. The second-order valence-electron chi connectivity index (χ2n) is 6.39. The van der Waals surface area contributed by atoms with Gasteiger partial charge in [0.05, 0.1) is 11.2 Å². The van der Waals surface area contributed by atoms with Gasteiger partial charge in [0.1, 0.15) is 5.01 Å². The van der Waals surface area contributed by atoms with Gasteiger partial charge in [-0.15, -0.1) is 11.3 Å². The zero-order valence-electron chi connectivity index (χ0n) is 12.2. The standard InChI is InChI=1S/C14H25N3S/c1-6-15-14(7-8-17(5)10-14)12-16-11(9-18-12)13(2,3)4/h9,15H,6-8,10H2,1-5H3. The van der Waals surface area contributed by atoms with Crippen molar-refractivity contribution < 1.29 is 0 Å². The van der Waals surface area contributed by atoms with E-state index in [1.165, 1.54) is 10.7 Å². The fourth-order valence-electron chi connectivity index (χ4n) is 2.57. The van der Waals surface area contributed by atoms with Crippen LogP contribution in [0.3, 0.4) is 0 Å².